The molecule has 10 rings (SSSR count). The molecule has 7 aromatic rings. The van der Waals surface area contributed by atoms with Crippen molar-refractivity contribution >= 4 is 46.4 Å². The first kappa shape index (κ1) is 47.8. The lowest BCUT2D eigenvalue weighted by Gasteiger charge is -2.36. The molecule has 3 aliphatic rings. The largest absolute Gasteiger partial charge is 0.490 e. The molecule has 1 saturated carbocycles. The predicted molar refractivity (Wildman–Crippen MR) is 274 cm³/mol. The number of thiophene rings is 1. The first-order chi connectivity index (χ1) is 34.2. The molecule has 0 radical (unpaired) electrons. The number of hydrogen-bond acceptors (Lipinski definition) is 10. The van der Waals surface area contributed by atoms with Crippen molar-refractivity contribution in [2.45, 2.75) is 111 Å². The maximum Gasteiger partial charge on any atom is 0.248 e. The van der Waals surface area contributed by atoms with Crippen molar-refractivity contribution < 1.29 is 19.1 Å². The normalized spacial score (nSPS) is 19.9. The van der Waals surface area contributed by atoms with Crippen molar-refractivity contribution in [1.82, 2.24) is 49.6 Å². The average molecular weight is 993 g/mol. The van der Waals surface area contributed by atoms with Crippen LogP contribution in [0.3, 0.4) is 0 Å². The Labute approximate surface area is 422 Å². The summed E-state index contributed by atoms with van der Waals surface area (Å²) in [6.07, 6.45) is 9.32. The first-order valence-electron chi connectivity index (χ1n) is 24.3. The molecule has 3 aromatic carbocycles. The second kappa shape index (κ2) is 19.7. The Morgan fingerprint density at radius 3 is 2.42 bits per heavy atom. The SMILES string of the molecule is Cc1sc2c(c1C)C(c1ccc(Cl)cc1)=N[C@@H](CC(=O)N[C@H]1C[C@@H](Oc3cccc(-c4cnn([C@@H](C(=O)N5C[C@H](C)C[C@H]5C(=O)NCc5ccc(-n6ccnc6C)cc5)C(C)C)c4)c3)C1)c1nnc(C)n1-2. The summed E-state index contributed by atoms with van der Waals surface area (Å²) < 4.78 is 12.2. The lowest BCUT2D eigenvalue weighted by atomic mass is 9.89. The molecule has 1 saturated heterocycles. The molecule has 1 aliphatic carbocycles. The molecule has 17 heteroatoms. The highest BCUT2D eigenvalue weighted by molar-refractivity contribution is 7.15. The highest BCUT2D eigenvalue weighted by atomic mass is 35.5. The maximum atomic E-state index is 14.5. The van der Waals surface area contributed by atoms with Crippen LogP contribution < -0.4 is 15.4 Å². The van der Waals surface area contributed by atoms with E-state index in [1.165, 1.54) is 4.88 Å². The van der Waals surface area contributed by atoms with E-state index in [0.29, 0.717) is 48.9 Å². The first-order valence-corrected chi connectivity index (χ1v) is 25.5. The summed E-state index contributed by atoms with van der Waals surface area (Å²) in [6.45, 7) is 15.1. The topological polar surface area (TPSA) is 166 Å². The van der Waals surface area contributed by atoms with Crippen molar-refractivity contribution in [2.24, 2.45) is 16.8 Å². The number of aliphatic imine (C=N–C) groups is 1. The van der Waals surface area contributed by atoms with Crippen LogP contribution in [0.4, 0.5) is 0 Å². The zero-order valence-electron chi connectivity index (χ0n) is 41.0. The number of aromatic nitrogens is 7. The van der Waals surface area contributed by atoms with Gasteiger partial charge in [-0.1, -0.05) is 68.8 Å². The van der Waals surface area contributed by atoms with E-state index in [2.05, 4.69) is 51.2 Å². The van der Waals surface area contributed by atoms with Crippen molar-refractivity contribution in [3.05, 3.63) is 147 Å². The van der Waals surface area contributed by atoms with Gasteiger partial charge in [0.15, 0.2) is 5.82 Å². The van der Waals surface area contributed by atoms with E-state index >= 15 is 0 Å². The van der Waals surface area contributed by atoms with Gasteiger partial charge in [-0.05, 0) is 99.0 Å². The summed E-state index contributed by atoms with van der Waals surface area (Å²) in [6, 6.07) is 21.8. The Bertz CT molecular complexity index is 3150. The van der Waals surface area contributed by atoms with Crippen LogP contribution in [0.2, 0.25) is 5.02 Å². The molecule has 0 spiro atoms. The van der Waals surface area contributed by atoms with Gasteiger partial charge in [0.05, 0.1) is 18.3 Å². The van der Waals surface area contributed by atoms with E-state index in [1.807, 2.05) is 117 Å². The minimum atomic E-state index is -0.602. The number of imidazole rings is 1. The third kappa shape index (κ3) is 9.66. The number of nitrogens with one attached hydrogen (secondary N) is 2. The van der Waals surface area contributed by atoms with E-state index in [0.717, 1.165) is 61.4 Å². The van der Waals surface area contributed by atoms with Crippen molar-refractivity contribution in [3.63, 3.8) is 0 Å². The van der Waals surface area contributed by atoms with Crippen LogP contribution in [-0.2, 0) is 20.9 Å². The lowest BCUT2D eigenvalue weighted by Crippen LogP contribution is -2.49. The van der Waals surface area contributed by atoms with Crippen LogP contribution in [-0.4, -0.2) is 87.2 Å². The number of carbonyl (C=O) groups is 3. The number of halogens is 1. The second-order valence-electron chi connectivity index (χ2n) is 19.6. The Balaban J connectivity index is 0.757. The Hall–Kier alpha value is -6.91. The molecule has 4 aromatic heterocycles. The Morgan fingerprint density at radius 2 is 1.69 bits per heavy atom. The molecule has 4 atom stereocenters. The number of benzene rings is 3. The molecule has 366 valence electrons. The van der Waals surface area contributed by atoms with Crippen LogP contribution in [0.15, 0.2) is 103 Å². The smallest absolute Gasteiger partial charge is 0.248 e. The standard InChI is InChI=1S/C54H58ClN11O4S/c1-30(2)50(53(69)64-28-31(3)21-46(64)52(68)57-26-36-11-17-42(18-12-36)63-20-19-56-34(63)6)65-29-39(27-58-65)38-9-8-10-43(22-38)70-44-23-41(24-44)59-47(67)25-45-51-62-61-35(7)66(51)54-48(32(4)33(5)71-54)49(60-45)37-13-15-40(55)16-14-37/h8-20,22,27,29-31,41,44-46,50H,21,23-26,28H2,1-7H3,(H,57,68)(H,59,67)/t31-,41-,44+,45+,46+,50-/m1/s1. The van der Waals surface area contributed by atoms with Crippen LogP contribution in [0, 0.1) is 39.5 Å². The molecule has 0 bridgehead atoms. The van der Waals surface area contributed by atoms with E-state index in [9.17, 15) is 14.4 Å². The molecule has 3 amide bonds. The monoisotopic (exact) mass is 991 g/mol. The highest BCUT2D eigenvalue weighted by Crippen LogP contribution is 2.40. The zero-order chi connectivity index (χ0) is 49.7. The number of carbonyl (C=O) groups excluding carboxylic acids is 3. The molecule has 6 heterocycles. The summed E-state index contributed by atoms with van der Waals surface area (Å²) >= 11 is 7.97. The Morgan fingerprint density at radius 1 is 0.915 bits per heavy atom. The van der Waals surface area contributed by atoms with Crippen molar-refractivity contribution in [3.8, 4) is 27.6 Å². The van der Waals surface area contributed by atoms with Crippen LogP contribution in [0.1, 0.15) is 103 Å². The fraction of sp³-hybridized carbons (Fsp3) is 0.370. The number of hydrogen-bond donors (Lipinski definition) is 2. The summed E-state index contributed by atoms with van der Waals surface area (Å²) in [5, 5.41) is 21.7. The molecule has 0 unspecified atom stereocenters. The van der Waals surface area contributed by atoms with Gasteiger partial charge in [0.25, 0.3) is 0 Å². The molecule has 15 nitrogen and oxygen atoms in total. The number of nitrogens with zero attached hydrogens (tertiary/aromatic N) is 9. The fourth-order valence-corrected chi connectivity index (χ4v) is 11.4. The molecule has 2 N–H and O–H groups in total. The quantitative estimate of drug-likeness (QED) is 0.109. The third-order valence-corrected chi connectivity index (χ3v) is 15.5. The highest BCUT2D eigenvalue weighted by Gasteiger charge is 2.42. The van der Waals surface area contributed by atoms with E-state index in [1.54, 1.807) is 33.3 Å². The van der Waals surface area contributed by atoms with Gasteiger partial charge in [0.2, 0.25) is 17.7 Å². The number of rotatable bonds is 14. The molecule has 2 fully saturated rings. The van der Waals surface area contributed by atoms with Gasteiger partial charge in [0, 0.05) is 82.8 Å². The number of aryl methyl sites for hydroxylation is 3. The van der Waals surface area contributed by atoms with Gasteiger partial charge >= 0.3 is 0 Å². The van der Waals surface area contributed by atoms with Crippen molar-refractivity contribution in [2.75, 3.05) is 6.54 Å². The average Bonchev–Trinajstić information content (AvgIpc) is 4.19. The Kier molecular flexibility index (Phi) is 13.3. The summed E-state index contributed by atoms with van der Waals surface area (Å²) in [7, 11) is 0. The van der Waals surface area contributed by atoms with E-state index in [-0.39, 0.29) is 48.1 Å². The molecule has 2 aliphatic heterocycles. The number of ether oxygens (including phenoxy) is 1. The van der Waals surface area contributed by atoms with Gasteiger partial charge < -0.3 is 24.8 Å². The molecular weight excluding hydrogens is 934 g/mol. The number of likely N-dealkylation sites (tertiary alicyclic amines) is 1. The zero-order valence-corrected chi connectivity index (χ0v) is 42.5. The summed E-state index contributed by atoms with van der Waals surface area (Å²) in [5.41, 5.74) is 7.60. The van der Waals surface area contributed by atoms with Gasteiger partial charge in [-0.15, -0.1) is 21.5 Å². The minimum Gasteiger partial charge on any atom is -0.490 e. The van der Waals surface area contributed by atoms with Crippen LogP contribution in [0.5, 0.6) is 5.75 Å². The summed E-state index contributed by atoms with van der Waals surface area (Å²) in [4.78, 5) is 54.5. The lowest BCUT2D eigenvalue weighted by molar-refractivity contribution is -0.142. The molecular formula is C54H58ClN11O4S. The minimum absolute atomic E-state index is 0.0455. The predicted octanol–water partition coefficient (Wildman–Crippen LogP) is 9.02. The van der Waals surface area contributed by atoms with E-state index < -0.39 is 18.1 Å². The maximum absolute atomic E-state index is 14.5. The van der Waals surface area contributed by atoms with Crippen LogP contribution >= 0.6 is 22.9 Å². The number of fused-ring (bicyclic) bond motifs is 3. The van der Waals surface area contributed by atoms with Crippen LogP contribution in [0.25, 0.3) is 21.8 Å². The third-order valence-electron chi connectivity index (χ3n) is 14.0. The number of amides is 3. The van der Waals surface area contributed by atoms with Gasteiger partial charge in [-0.25, -0.2) is 4.98 Å². The van der Waals surface area contributed by atoms with E-state index in [4.69, 9.17) is 26.4 Å². The summed E-state index contributed by atoms with van der Waals surface area (Å²) in [5.74, 6) is 2.69. The van der Waals surface area contributed by atoms with Gasteiger partial charge in [0.1, 0.15) is 46.6 Å². The second-order valence-corrected chi connectivity index (χ2v) is 21.2. The van der Waals surface area contributed by atoms with Crippen molar-refractivity contribution in [1.29, 1.82) is 0 Å². The van der Waals surface area contributed by atoms with Gasteiger partial charge in [-0.2, -0.15) is 5.10 Å². The molecule has 71 heavy (non-hydrogen) atoms. The van der Waals surface area contributed by atoms with Gasteiger partial charge in [-0.3, -0.25) is 28.6 Å². The fourth-order valence-electron chi connectivity index (χ4n) is 10.1.